The van der Waals surface area contributed by atoms with Crippen molar-refractivity contribution in [3.63, 3.8) is 0 Å². The van der Waals surface area contributed by atoms with Gasteiger partial charge in [-0.3, -0.25) is 0 Å². The number of hydrogen-bond donors (Lipinski definition) is 1. The predicted octanol–water partition coefficient (Wildman–Crippen LogP) is 3.68. The number of nitrogens with one attached hydrogen (secondary N) is 1. The molecule has 0 fully saturated rings. The van der Waals surface area contributed by atoms with Gasteiger partial charge in [0.25, 0.3) is 0 Å². The predicted molar refractivity (Wildman–Crippen MR) is 81.2 cm³/mol. The molecule has 0 amide bonds. The molecule has 0 spiro atoms. The van der Waals surface area contributed by atoms with Crippen LogP contribution in [0, 0.1) is 11.2 Å². The highest BCUT2D eigenvalue weighted by Gasteiger charge is 2.27. The number of anilines is 1. The quantitative estimate of drug-likeness (QED) is 0.810. The van der Waals surface area contributed by atoms with Crippen LogP contribution in [0.1, 0.15) is 34.6 Å². The molecule has 2 nitrogen and oxygen atoms in total. The Kier molecular flexibility index (Phi) is 5.80. The highest BCUT2D eigenvalue weighted by Crippen LogP contribution is 2.25. The van der Waals surface area contributed by atoms with Crippen molar-refractivity contribution >= 4 is 5.69 Å². The lowest BCUT2D eigenvalue weighted by molar-refractivity contribution is 0.264. The summed E-state index contributed by atoms with van der Waals surface area (Å²) < 4.78 is 13.3. The molecule has 1 atom stereocenters. The Labute approximate surface area is 117 Å². The fraction of sp³-hybridized carbons (Fsp3) is 0.625. The molecule has 1 aromatic carbocycles. The highest BCUT2D eigenvalue weighted by atomic mass is 19.1. The minimum absolute atomic E-state index is 0.123. The van der Waals surface area contributed by atoms with Gasteiger partial charge in [0.15, 0.2) is 0 Å². The minimum atomic E-state index is -0.173. The summed E-state index contributed by atoms with van der Waals surface area (Å²) >= 11 is 0. The van der Waals surface area contributed by atoms with Crippen LogP contribution in [0.5, 0.6) is 0 Å². The summed E-state index contributed by atoms with van der Waals surface area (Å²) in [6.07, 6.45) is 0. The van der Waals surface area contributed by atoms with Crippen LogP contribution in [-0.4, -0.2) is 25.7 Å². The average Bonchev–Trinajstić information content (AvgIpc) is 2.36. The number of halogens is 1. The first kappa shape index (κ1) is 16.0. The van der Waals surface area contributed by atoms with Gasteiger partial charge in [-0.2, -0.15) is 0 Å². The summed E-state index contributed by atoms with van der Waals surface area (Å²) in [6.45, 7) is 13.7. The number of rotatable bonds is 7. The number of nitrogens with zero attached hydrogens (tertiary/aromatic N) is 1. The van der Waals surface area contributed by atoms with Crippen molar-refractivity contribution in [1.82, 2.24) is 5.32 Å². The van der Waals surface area contributed by atoms with Crippen LogP contribution in [0.15, 0.2) is 24.3 Å². The van der Waals surface area contributed by atoms with Gasteiger partial charge in [-0.15, -0.1) is 0 Å². The SMILES string of the molecule is CCNC(C)C(C)(C)CN(CC)c1cccc(F)c1. The lowest BCUT2D eigenvalue weighted by Crippen LogP contribution is -2.46. The van der Waals surface area contributed by atoms with E-state index in [2.05, 4.69) is 44.8 Å². The van der Waals surface area contributed by atoms with Gasteiger partial charge in [0.05, 0.1) is 0 Å². The maximum absolute atomic E-state index is 13.3. The molecule has 0 aliphatic carbocycles. The van der Waals surface area contributed by atoms with Gasteiger partial charge < -0.3 is 10.2 Å². The first-order valence-electron chi connectivity index (χ1n) is 7.14. The molecule has 1 N–H and O–H groups in total. The molecule has 0 saturated carbocycles. The van der Waals surface area contributed by atoms with Gasteiger partial charge in [-0.05, 0) is 44.0 Å². The Morgan fingerprint density at radius 1 is 1.32 bits per heavy atom. The topological polar surface area (TPSA) is 15.3 Å². The van der Waals surface area contributed by atoms with E-state index in [4.69, 9.17) is 0 Å². The van der Waals surface area contributed by atoms with E-state index < -0.39 is 0 Å². The van der Waals surface area contributed by atoms with Crippen LogP contribution in [0.3, 0.4) is 0 Å². The normalized spacial score (nSPS) is 13.4. The lowest BCUT2D eigenvalue weighted by atomic mass is 9.84. The van der Waals surface area contributed by atoms with Crippen molar-refractivity contribution < 1.29 is 4.39 Å². The highest BCUT2D eigenvalue weighted by molar-refractivity contribution is 5.46. The standard InChI is InChI=1S/C16H27FN2/c1-6-18-13(3)16(4,5)12-19(7-2)15-10-8-9-14(17)11-15/h8-11,13,18H,6-7,12H2,1-5H3. The van der Waals surface area contributed by atoms with E-state index in [1.807, 2.05) is 6.07 Å². The zero-order chi connectivity index (χ0) is 14.5. The molecule has 0 aliphatic rings. The smallest absolute Gasteiger partial charge is 0.125 e. The summed E-state index contributed by atoms with van der Waals surface area (Å²) in [5, 5.41) is 3.48. The summed E-state index contributed by atoms with van der Waals surface area (Å²) in [4.78, 5) is 2.23. The molecule has 0 radical (unpaired) electrons. The van der Waals surface area contributed by atoms with E-state index in [0.717, 1.165) is 25.3 Å². The molecule has 108 valence electrons. The fourth-order valence-electron chi connectivity index (χ4n) is 2.27. The molecular formula is C16H27FN2. The zero-order valence-electron chi connectivity index (χ0n) is 12.8. The third-order valence-corrected chi connectivity index (χ3v) is 3.84. The second kappa shape index (κ2) is 6.90. The van der Waals surface area contributed by atoms with Crippen LogP contribution < -0.4 is 10.2 Å². The van der Waals surface area contributed by atoms with Crippen LogP contribution in [0.2, 0.25) is 0 Å². The largest absolute Gasteiger partial charge is 0.371 e. The molecule has 0 bridgehead atoms. The van der Waals surface area contributed by atoms with Gasteiger partial charge in [-0.1, -0.05) is 26.8 Å². The van der Waals surface area contributed by atoms with Gasteiger partial charge in [0, 0.05) is 24.8 Å². The summed E-state index contributed by atoms with van der Waals surface area (Å²) in [6, 6.07) is 7.26. The van der Waals surface area contributed by atoms with E-state index in [9.17, 15) is 4.39 Å². The van der Waals surface area contributed by atoms with Crippen molar-refractivity contribution in [2.75, 3.05) is 24.5 Å². The molecule has 0 aromatic heterocycles. The summed E-state index contributed by atoms with van der Waals surface area (Å²) in [5.41, 5.74) is 1.08. The molecule has 0 heterocycles. The van der Waals surface area contributed by atoms with Crippen LogP contribution >= 0.6 is 0 Å². The first-order valence-corrected chi connectivity index (χ1v) is 7.14. The zero-order valence-corrected chi connectivity index (χ0v) is 12.8. The Morgan fingerprint density at radius 3 is 2.53 bits per heavy atom. The van der Waals surface area contributed by atoms with Gasteiger partial charge >= 0.3 is 0 Å². The number of benzene rings is 1. The van der Waals surface area contributed by atoms with E-state index in [-0.39, 0.29) is 11.2 Å². The second-order valence-corrected chi connectivity index (χ2v) is 5.76. The maximum Gasteiger partial charge on any atom is 0.125 e. The molecule has 1 unspecified atom stereocenters. The van der Waals surface area contributed by atoms with Gasteiger partial charge in [0.2, 0.25) is 0 Å². The first-order chi connectivity index (χ1) is 8.90. The van der Waals surface area contributed by atoms with Crippen LogP contribution in [0.25, 0.3) is 0 Å². The maximum atomic E-state index is 13.3. The fourth-order valence-corrected chi connectivity index (χ4v) is 2.27. The van der Waals surface area contributed by atoms with E-state index in [1.54, 1.807) is 12.1 Å². The van der Waals surface area contributed by atoms with Crippen molar-refractivity contribution in [1.29, 1.82) is 0 Å². The van der Waals surface area contributed by atoms with E-state index in [0.29, 0.717) is 6.04 Å². The molecular weight excluding hydrogens is 239 g/mol. The molecule has 0 saturated heterocycles. The summed E-state index contributed by atoms with van der Waals surface area (Å²) in [5.74, 6) is -0.173. The summed E-state index contributed by atoms with van der Waals surface area (Å²) in [7, 11) is 0. The Bertz CT molecular complexity index is 390. The molecule has 1 rings (SSSR count). The molecule has 3 heteroatoms. The molecule has 0 aliphatic heterocycles. The van der Waals surface area contributed by atoms with Crippen molar-refractivity contribution in [3.8, 4) is 0 Å². The van der Waals surface area contributed by atoms with Crippen LogP contribution in [-0.2, 0) is 0 Å². The lowest BCUT2D eigenvalue weighted by Gasteiger charge is -2.38. The second-order valence-electron chi connectivity index (χ2n) is 5.76. The van der Waals surface area contributed by atoms with Gasteiger partial charge in [0.1, 0.15) is 5.82 Å². The van der Waals surface area contributed by atoms with Crippen LogP contribution in [0.4, 0.5) is 10.1 Å². The minimum Gasteiger partial charge on any atom is -0.371 e. The Balaban J connectivity index is 2.81. The third-order valence-electron chi connectivity index (χ3n) is 3.84. The van der Waals surface area contributed by atoms with Gasteiger partial charge in [-0.25, -0.2) is 4.39 Å². The van der Waals surface area contributed by atoms with Crippen molar-refractivity contribution in [2.45, 2.75) is 40.7 Å². The van der Waals surface area contributed by atoms with Crippen molar-refractivity contribution in [3.05, 3.63) is 30.1 Å². The Morgan fingerprint density at radius 2 is 2.00 bits per heavy atom. The Hall–Kier alpha value is -1.09. The molecule has 1 aromatic rings. The monoisotopic (exact) mass is 266 g/mol. The van der Waals surface area contributed by atoms with E-state index >= 15 is 0 Å². The van der Waals surface area contributed by atoms with E-state index in [1.165, 1.54) is 6.07 Å². The third kappa shape index (κ3) is 4.50. The number of hydrogen-bond acceptors (Lipinski definition) is 2. The average molecular weight is 266 g/mol. The van der Waals surface area contributed by atoms with Crippen molar-refractivity contribution in [2.24, 2.45) is 5.41 Å². The molecule has 19 heavy (non-hydrogen) atoms.